The molecule has 1 unspecified atom stereocenters. The molecule has 0 amide bonds. The first-order chi connectivity index (χ1) is 6.59. The van der Waals surface area contributed by atoms with Crippen LogP contribution in [0.2, 0.25) is 0 Å². The SMILES string of the molecule is FOC(F)(F)Oc1ccccc1CP. The highest BCUT2D eigenvalue weighted by molar-refractivity contribution is 7.15. The van der Waals surface area contributed by atoms with E-state index in [1.54, 1.807) is 12.1 Å². The summed E-state index contributed by atoms with van der Waals surface area (Å²) in [5, 5.41) is 0. The summed E-state index contributed by atoms with van der Waals surface area (Å²) in [6, 6.07) is 6.08. The largest absolute Gasteiger partial charge is 0.566 e. The quantitative estimate of drug-likeness (QED) is 0.578. The molecule has 1 aromatic carbocycles. The fraction of sp³-hybridized carbons (Fsp3) is 0.250. The maximum Gasteiger partial charge on any atom is 0.566 e. The third kappa shape index (κ3) is 2.86. The van der Waals surface area contributed by atoms with Crippen molar-refractivity contribution in [2.24, 2.45) is 0 Å². The average Bonchev–Trinajstić information content (AvgIpc) is 2.18. The molecule has 78 valence electrons. The molecule has 0 saturated carbocycles. The highest BCUT2D eigenvalue weighted by Crippen LogP contribution is 2.27. The number of benzene rings is 1. The van der Waals surface area contributed by atoms with Crippen molar-refractivity contribution in [1.29, 1.82) is 0 Å². The highest BCUT2D eigenvalue weighted by Gasteiger charge is 2.36. The van der Waals surface area contributed by atoms with Crippen molar-refractivity contribution in [1.82, 2.24) is 0 Å². The van der Waals surface area contributed by atoms with Crippen LogP contribution in [0.15, 0.2) is 24.3 Å². The fourth-order valence-electron chi connectivity index (χ4n) is 0.916. The molecule has 1 aromatic rings. The van der Waals surface area contributed by atoms with Gasteiger partial charge in [-0.2, -0.15) is 0 Å². The lowest BCUT2D eigenvalue weighted by Crippen LogP contribution is -2.25. The molecule has 1 atom stereocenters. The van der Waals surface area contributed by atoms with E-state index in [4.69, 9.17) is 0 Å². The van der Waals surface area contributed by atoms with Gasteiger partial charge in [0.25, 0.3) is 0 Å². The standard InChI is InChI=1S/C8H8F3O2P/c9-8(10,13-11)12-7-4-2-1-3-6(7)5-14/h1-4H,5,14H2. The number of para-hydroxylation sites is 1. The van der Waals surface area contributed by atoms with Crippen LogP contribution < -0.4 is 4.74 Å². The zero-order chi connectivity index (χ0) is 10.6. The van der Waals surface area contributed by atoms with E-state index in [1.807, 2.05) is 0 Å². The van der Waals surface area contributed by atoms with Gasteiger partial charge in [0.2, 0.25) is 0 Å². The van der Waals surface area contributed by atoms with E-state index in [0.717, 1.165) is 0 Å². The number of hydrogen-bond acceptors (Lipinski definition) is 2. The Morgan fingerprint density at radius 3 is 2.50 bits per heavy atom. The Balaban J connectivity index is 2.85. The van der Waals surface area contributed by atoms with Gasteiger partial charge in [-0.3, -0.25) is 0 Å². The lowest BCUT2D eigenvalue weighted by Gasteiger charge is -2.14. The summed E-state index contributed by atoms with van der Waals surface area (Å²) in [4.78, 5) is 2.38. The van der Waals surface area contributed by atoms with Gasteiger partial charge >= 0.3 is 6.29 Å². The van der Waals surface area contributed by atoms with Gasteiger partial charge in [-0.05, 0) is 22.3 Å². The van der Waals surface area contributed by atoms with Gasteiger partial charge in [0, 0.05) is 0 Å². The summed E-state index contributed by atoms with van der Waals surface area (Å²) >= 11 is 0. The number of alkyl halides is 2. The average molecular weight is 224 g/mol. The fourth-order valence-corrected chi connectivity index (χ4v) is 1.25. The molecular weight excluding hydrogens is 216 g/mol. The van der Waals surface area contributed by atoms with E-state index >= 15 is 0 Å². The Bertz CT molecular complexity index is 306. The van der Waals surface area contributed by atoms with Gasteiger partial charge in [-0.15, -0.1) is 18.0 Å². The van der Waals surface area contributed by atoms with Crippen LogP contribution in [0.5, 0.6) is 5.75 Å². The molecule has 0 bridgehead atoms. The lowest BCUT2D eigenvalue weighted by molar-refractivity contribution is -0.436. The number of hydrogen-bond donors (Lipinski definition) is 0. The summed E-state index contributed by atoms with van der Waals surface area (Å²) in [6.45, 7) is 0. The molecule has 14 heavy (non-hydrogen) atoms. The van der Waals surface area contributed by atoms with Gasteiger partial charge in [0.05, 0.1) is 0 Å². The second-order valence-corrected chi connectivity index (χ2v) is 2.86. The number of rotatable bonds is 4. The van der Waals surface area contributed by atoms with Crippen LogP contribution >= 0.6 is 9.24 Å². The van der Waals surface area contributed by atoms with Crippen LogP contribution in [0.4, 0.5) is 13.3 Å². The van der Waals surface area contributed by atoms with E-state index in [2.05, 4.69) is 18.9 Å². The first-order valence-corrected chi connectivity index (χ1v) is 4.55. The predicted molar refractivity (Wildman–Crippen MR) is 47.6 cm³/mol. The van der Waals surface area contributed by atoms with Crippen molar-refractivity contribution in [3.63, 3.8) is 0 Å². The summed E-state index contributed by atoms with van der Waals surface area (Å²) in [6.07, 6.45) is -3.81. The number of ether oxygens (including phenoxy) is 1. The molecule has 0 aromatic heterocycles. The van der Waals surface area contributed by atoms with Gasteiger partial charge in [-0.1, -0.05) is 23.1 Å². The summed E-state index contributed by atoms with van der Waals surface area (Å²) in [5.41, 5.74) is 0.522. The molecule has 6 heteroatoms. The molecule has 0 saturated heterocycles. The van der Waals surface area contributed by atoms with E-state index in [1.165, 1.54) is 12.1 Å². The molecule has 1 rings (SSSR count). The Hall–Kier alpha value is -0.800. The minimum Gasteiger partial charge on any atom is -0.407 e. The molecule has 2 nitrogen and oxygen atoms in total. The third-order valence-corrected chi connectivity index (χ3v) is 1.95. The van der Waals surface area contributed by atoms with Crippen molar-refractivity contribution in [2.45, 2.75) is 12.5 Å². The van der Waals surface area contributed by atoms with Gasteiger partial charge in [0.15, 0.2) is 0 Å². The van der Waals surface area contributed by atoms with E-state index in [9.17, 15) is 13.3 Å². The van der Waals surface area contributed by atoms with Crippen molar-refractivity contribution < 1.29 is 23.0 Å². The van der Waals surface area contributed by atoms with Crippen LogP contribution in [0.1, 0.15) is 5.56 Å². The maximum atomic E-state index is 12.3. The van der Waals surface area contributed by atoms with Crippen LogP contribution in [-0.2, 0) is 11.1 Å². The minimum absolute atomic E-state index is 0.106. The third-order valence-electron chi connectivity index (χ3n) is 1.51. The highest BCUT2D eigenvalue weighted by atomic mass is 31.0. The Morgan fingerprint density at radius 1 is 1.29 bits per heavy atom. The second kappa shape index (κ2) is 4.62. The second-order valence-electron chi connectivity index (χ2n) is 2.45. The Morgan fingerprint density at radius 2 is 1.93 bits per heavy atom. The van der Waals surface area contributed by atoms with E-state index in [0.29, 0.717) is 11.7 Å². The van der Waals surface area contributed by atoms with Gasteiger partial charge in [-0.25, -0.2) is 0 Å². The molecule has 0 N–H and O–H groups in total. The zero-order valence-corrected chi connectivity index (χ0v) is 8.20. The molecule has 0 aliphatic rings. The Labute approximate surface area is 81.1 Å². The number of halogens is 3. The monoisotopic (exact) mass is 224 g/mol. The smallest absolute Gasteiger partial charge is 0.407 e. The minimum atomic E-state index is -4.24. The van der Waals surface area contributed by atoms with E-state index < -0.39 is 6.29 Å². The molecular formula is C8H8F3O2P. The normalized spacial score (nSPS) is 11.4. The van der Waals surface area contributed by atoms with Crippen LogP contribution in [0.25, 0.3) is 0 Å². The first-order valence-electron chi connectivity index (χ1n) is 3.73. The molecule has 0 aliphatic heterocycles. The molecule has 0 radical (unpaired) electrons. The first kappa shape index (κ1) is 11.3. The van der Waals surface area contributed by atoms with Gasteiger partial charge < -0.3 is 4.74 Å². The summed E-state index contributed by atoms with van der Waals surface area (Å²) in [5.74, 6) is -0.106. The van der Waals surface area contributed by atoms with Gasteiger partial charge in [0.1, 0.15) is 5.75 Å². The van der Waals surface area contributed by atoms with Crippen LogP contribution in [0.3, 0.4) is 0 Å². The van der Waals surface area contributed by atoms with Crippen molar-refractivity contribution >= 4 is 9.24 Å². The molecule has 0 spiro atoms. The molecule has 0 fully saturated rings. The van der Waals surface area contributed by atoms with Crippen LogP contribution in [0, 0.1) is 0 Å². The summed E-state index contributed by atoms with van der Waals surface area (Å²) in [7, 11) is 2.35. The maximum absolute atomic E-state index is 12.3. The summed E-state index contributed by atoms with van der Waals surface area (Å²) < 4.78 is 40.0. The van der Waals surface area contributed by atoms with Crippen molar-refractivity contribution in [2.75, 3.05) is 0 Å². The van der Waals surface area contributed by atoms with E-state index in [-0.39, 0.29) is 5.75 Å². The lowest BCUT2D eigenvalue weighted by atomic mass is 10.2. The zero-order valence-electron chi connectivity index (χ0n) is 7.04. The topological polar surface area (TPSA) is 18.5 Å². The van der Waals surface area contributed by atoms with Crippen molar-refractivity contribution in [3.8, 4) is 5.75 Å². The predicted octanol–water partition coefficient (Wildman–Crippen LogP) is 2.89. The van der Waals surface area contributed by atoms with Crippen LogP contribution in [-0.4, -0.2) is 6.29 Å². The Kier molecular flexibility index (Phi) is 3.72. The molecule has 0 heterocycles. The van der Waals surface area contributed by atoms with Crippen molar-refractivity contribution in [3.05, 3.63) is 29.8 Å². The molecule has 0 aliphatic carbocycles.